The molecule has 2 aromatic carbocycles. The van der Waals surface area contributed by atoms with Crippen molar-refractivity contribution in [2.75, 3.05) is 0 Å². The van der Waals surface area contributed by atoms with Crippen molar-refractivity contribution in [2.45, 2.75) is 41.5 Å². The van der Waals surface area contributed by atoms with Crippen LogP contribution in [0.2, 0.25) is 0 Å². The summed E-state index contributed by atoms with van der Waals surface area (Å²) in [5, 5.41) is 0. The molecule has 0 unspecified atom stereocenters. The zero-order valence-electron chi connectivity index (χ0n) is 15.6. The number of benzene rings is 2. The maximum atomic E-state index is 14.0. The molecule has 0 fully saturated rings. The Kier molecular flexibility index (Phi) is 6.28. The minimum atomic E-state index is -8.09. The third-order valence-corrected chi connectivity index (χ3v) is 4.64. The molecule has 2 aromatic rings. The summed E-state index contributed by atoms with van der Waals surface area (Å²) in [6.45, 7) is 0. The van der Waals surface area contributed by atoms with Crippen molar-refractivity contribution in [3.05, 3.63) is 71.8 Å². The standard InChI is InChI=1S/C19H10F14/c20-13(21,11-7-3-1-4-8-11)15(24,25)17(28,29)19(32,33)18(30,31)16(26,27)14(22,23)12-9-5-2-6-10-12/h1-10H. The van der Waals surface area contributed by atoms with Crippen molar-refractivity contribution >= 4 is 0 Å². The van der Waals surface area contributed by atoms with Crippen molar-refractivity contribution in [3.63, 3.8) is 0 Å². The van der Waals surface area contributed by atoms with Gasteiger partial charge in [-0.1, -0.05) is 60.7 Å². The Morgan fingerprint density at radius 3 is 0.758 bits per heavy atom. The second kappa shape index (κ2) is 7.76. The second-order valence-corrected chi connectivity index (χ2v) is 6.75. The first-order valence-electron chi connectivity index (χ1n) is 8.47. The molecule has 14 heteroatoms. The van der Waals surface area contributed by atoms with Gasteiger partial charge in [0.2, 0.25) is 0 Å². The van der Waals surface area contributed by atoms with E-state index in [1.54, 1.807) is 0 Å². The molecule has 0 aromatic heterocycles. The Hall–Kier alpha value is -2.54. The maximum Gasteiger partial charge on any atom is 0.385 e. The molecule has 0 bridgehead atoms. The average molecular weight is 504 g/mol. The highest BCUT2D eigenvalue weighted by Crippen LogP contribution is 2.64. The topological polar surface area (TPSA) is 0 Å². The SMILES string of the molecule is FC(F)(c1ccccc1)C(F)(F)C(F)(F)C(F)(F)C(F)(F)C(F)(F)C(F)(F)c1ccccc1. The van der Waals surface area contributed by atoms with E-state index in [9.17, 15) is 61.5 Å². The molecule has 0 spiro atoms. The molecule has 0 amide bonds. The molecule has 33 heavy (non-hydrogen) atoms. The van der Waals surface area contributed by atoms with Crippen LogP contribution in [0.25, 0.3) is 0 Å². The molecule has 0 aliphatic rings. The van der Waals surface area contributed by atoms with Gasteiger partial charge in [0, 0.05) is 11.1 Å². The summed E-state index contributed by atoms with van der Waals surface area (Å²) in [6.07, 6.45) is 0. The van der Waals surface area contributed by atoms with Gasteiger partial charge in [-0.05, 0) is 0 Å². The first-order valence-corrected chi connectivity index (χ1v) is 8.47. The van der Waals surface area contributed by atoms with Gasteiger partial charge in [0.15, 0.2) is 0 Å². The van der Waals surface area contributed by atoms with Crippen molar-refractivity contribution in [1.29, 1.82) is 0 Å². The van der Waals surface area contributed by atoms with Gasteiger partial charge in [-0.2, -0.15) is 61.5 Å². The zero-order valence-corrected chi connectivity index (χ0v) is 15.6. The Balaban J connectivity index is 2.63. The van der Waals surface area contributed by atoms with Gasteiger partial charge in [-0.25, -0.2) is 0 Å². The van der Waals surface area contributed by atoms with Crippen LogP contribution in [0.4, 0.5) is 61.5 Å². The number of rotatable bonds is 8. The molecule has 0 radical (unpaired) electrons. The fourth-order valence-corrected chi connectivity index (χ4v) is 2.64. The smallest absolute Gasteiger partial charge is 0.194 e. The minimum Gasteiger partial charge on any atom is -0.194 e. The van der Waals surface area contributed by atoms with Gasteiger partial charge >= 0.3 is 41.5 Å². The van der Waals surface area contributed by atoms with Gasteiger partial charge in [-0.3, -0.25) is 0 Å². The van der Waals surface area contributed by atoms with E-state index in [-0.39, 0.29) is 24.3 Å². The molecule has 0 nitrogen and oxygen atoms in total. The average Bonchev–Trinajstić information content (AvgIpc) is 2.74. The van der Waals surface area contributed by atoms with Crippen molar-refractivity contribution < 1.29 is 61.5 Å². The van der Waals surface area contributed by atoms with E-state index in [0.717, 1.165) is 12.1 Å². The van der Waals surface area contributed by atoms with E-state index < -0.39 is 52.6 Å². The number of halogens is 14. The van der Waals surface area contributed by atoms with Gasteiger partial charge in [-0.15, -0.1) is 0 Å². The summed E-state index contributed by atoms with van der Waals surface area (Å²) in [5.74, 6) is -51.5. The first kappa shape index (κ1) is 26.7. The van der Waals surface area contributed by atoms with Crippen LogP contribution in [0.1, 0.15) is 11.1 Å². The highest BCUT2D eigenvalue weighted by molar-refractivity contribution is 5.28. The molecular weight excluding hydrogens is 494 g/mol. The Labute approximate surface area is 175 Å². The summed E-state index contributed by atoms with van der Waals surface area (Å²) in [5.41, 5.74) is -4.12. The largest absolute Gasteiger partial charge is 0.385 e. The molecule has 184 valence electrons. The fourth-order valence-electron chi connectivity index (χ4n) is 2.64. The van der Waals surface area contributed by atoms with E-state index in [1.807, 2.05) is 0 Å². The van der Waals surface area contributed by atoms with Crippen LogP contribution in [0.3, 0.4) is 0 Å². The second-order valence-electron chi connectivity index (χ2n) is 6.75. The van der Waals surface area contributed by atoms with Crippen LogP contribution < -0.4 is 0 Å². The van der Waals surface area contributed by atoms with Gasteiger partial charge in [0.1, 0.15) is 0 Å². The van der Waals surface area contributed by atoms with E-state index in [0.29, 0.717) is 24.3 Å². The predicted molar refractivity (Wildman–Crippen MR) is 85.4 cm³/mol. The summed E-state index contributed by atoms with van der Waals surface area (Å²) < 4.78 is 195. The molecule has 0 aliphatic carbocycles. The fraction of sp³-hybridized carbons (Fsp3) is 0.368. The molecular formula is C19H10F14. The predicted octanol–water partition coefficient (Wildman–Crippen LogP) is 7.75. The third kappa shape index (κ3) is 3.52. The molecule has 0 N–H and O–H groups in total. The quantitative estimate of drug-likeness (QED) is 0.323. The van der Waals surface area contributed by atoms with Gasteiger partial charge < -0.3 is 0 Å². The maximum absolute atomic E-state index is 14.0. The summed E-state index contributed by atoms with van der Waals surface area (Å²) in [4.78, 5) is 0. The van der Waals surface area contributed by atoms with Crippen LogP contribution in [0, 0.1) is 0 Å². The Morgan fingerprint density at radius 2 is 0.515 bits per heavy atom. The van der Waals surface area contributed by atoms with Gasteiger partial charge in [0.05, 0.1) is 0 Å². The lowest BCUT2D eigenvalue weighted by atomic mass is 9.86. The molecule has 0 atom stereocenters. The monoisotopic (exact) mass is 504 g/mol. The van der Waals surface area contributed by atoms with E-state index >= 15 is 0 Å². The number of hydrogen-bond acceptors (Lipinski definition) is 0. The molecule has 0 saturated carbocycles. The highest BCUT2D eigenvalue weighted by atomic mass is 19.4. The molecule has 0 heterocycles. The number of alkyl halides is 14. The summed E-state index contributed by atoms with van der Waals surface area (Å²) in [7, 11) is 0. The normalized spacial score (nSPS) is 15.0. The Morgan fingerprint density at radius 1 is 0.303 bits per heavy atom. The van der Waals surface area contributed by atoms with Gasteiger partial charge in [0.25, 0.3) is 0 Å². The summed E-state index contributed by atoms with van der Waals surface area (Å²) in [6, 6.07) is 4.25. The van der Waals surface area contributed by atoms with Crippen molar-refractivity contribution in [1.82, 2.24) is 0 Å². The zero-order chi connectivity index (χ0) is 25.7. The van der Waals surface area contributed by atoms with Crippen molar-refractivity contribution in [2.24, 2.45) is 0 Å². The molecule has 0 saturated heterocycles. The first-order chi connectivity index (χ1) is 14.7. The lowest BCUT2D eigenvalue weighted by Crippen LogP contribution is -2.72. The van der Waals surface area contributed by atoms with E-state index in [1.165, 1.54) is 0 Å². The lowest BCUT2D eigenvalue weighted by Gasteiger charge is -2.42. The van der Waals surface area contributed by atoms with Crippen LogP contribution in [0.15, 0.2) is 60.7 Å². The Bertz CT molecular complexity index is 873. The highest BCUT2D eigenvalue weighted by Gasteiger charge is 2.92. The minimum absolute atomic E-state index is 0.0401. The van der Waals surface area contributed by atoms with E-state index in [4.69, 9.17) is 0 Å². The molecule has 0 aliphatic heterocycles. The molecule has 2 rings (SSSR count). The van der Waals surface area contributed by atoms with Crippen LogP contribution in [-0.4, -0.2) is 29.6 Å². The van der Waals surface area contributed by atoms with E-state index in [2.05, 4.69) is 0 Å². The van der Waals surface area contributed by atoms with Crippen LogP contribution in [-0.2, 0) is 11.8 Å². The number of hydrogen-bond donors (Lipinski definition) is 0. The van der Waals surface area contributed by atoms with Crippen LogP contribution >= 0.6 is 0 Å². The lowest BCUT2D eigenvalue weighted by molar-refractivity contribution is -0.444. The summed E-state index contributed by atoms with van der Waals surface area (Å²) >= 11 is 0. The van der Waals surface area contributed by atoms with Crippen molar-refractivity contribution in [3.8, 4) is 0 Å². The van der Waals surface area contributed by atoms with Crippen LogP contribution in [0.5, 0.6) is 0 Å². The third-order valence-electron chi connectivity index (χ3n) is 4.64.